The van der Waals surface area contributed by atoms with E-state index in [-0.39, 0.29) is 6.10 Å². The molecule has 1 aromatic rings. The monoisotopic (exact) mass is 191 g/mol. The minimum Gasteiger partial charge on any atom is -0.389 e. The van der Waals surface area contributed by atoms with Gasteiger partial charge >= 0.3 is 0 Å². The van der Waals surface area contributed by atoms with Crippen molar-refractivity contribution in [2.24, 2.45) is 0 Å². The van der Waals surface area contributed by atoms with Gasteiger partial charge in [-0.25, -0.2) is 4.98 Å². The highest BCUT2D eigenvalue weighted by atomic mass is 16.3. The number of nitrogen functional groups attached to an aromatic ring is 1. The van der Waals surface area contributed by atoms with Gasteiger partial charge in [0.1, 0.15) is 5.82 Å². The van der Waals surface area contributed by atoms with Crippen molar-refractivity contribution in [3.05, 3.63) is 24.2 Å². The molecule has 0 saturated heterocycles. The third-order valence-corrected chi connectivity index (χ3v) is 2.34. The topological polar surface area (TPSA) is 72.0 Å². The van der Waals surface area contributed by atoms with Crippen LogP contribution >= 0.6 is 0 Å². The number of anilines is 1. The standard InChI is InChI=1S/C10H13N3O/c11-10-6-12-9(5-13-10)7-2-1-3-8(14)4-7/h4-6,8,14H,1-3H2,(H2,11,13)/t8-/m1/s1. The molecule has 0 fully saturated rings. The Bertz CT molecular complexity index is 345. The lowest BCUT2D eigenvalue weighted by Gasteiger charge is -2.16. The predicted octanol–water partition coefficient (Wildman–Crippen LogP) is 0.987. The Hall–Kier alpha value is -1.42. The van der Waals surface area contributed by atoms with Crippen LogP contribution in [0.15, 0.2) is 18.5 Å². The molecule has 3 N–H and O–H groups in total. The van der Waals surface area contributed by atoms with Crippen LogP contribution in [0.25, 0.3) is 5.57 Å². The number of allylic oxidation sites excluding steroid dienone is 1. The summed E-state index contributed by atoms with van der Waals surface area (Å²) in [5.41, 5.74) is 7.32. The van der Waals surface area contributed by atoms with Gasteiger partial charge in [0.15, 0.2) is 0 Å². The molecule has 14 heavy (non-hydrogen) atoms. The summed E-state index contributed by atoms with van der Waals surface area (Å²) in [5.74, 6) is 0.422. The fourth-order valence-corrected chi connectivity index (χ4v) is 1.62. The molecule has 2 rings (SSSR count). The first kappa shape index (κ1) is 9.15. The summed E-state index contributed by atoms with van der Waals surface area (Å²) in [7, 11) is 0. The number of aliphatic hydroxyl groups excluding tert-OH is 1. The van der Waals surface area contributed by atoms with E-state index in [2.05, 4.69) is 9.97 Å². The number of hydrogen-bond donors (Lipinski definition) is 2. The van der Waals surface area contributed by atoms with Gasteiger partial charge in [-0.2, -0.15) is 0 Å². The van der Waals surface area contributed by atoms with Crippen LogP contribution in [0.4, 0.5) is 5.82 Å². The van der Waals surface area contributed by atoms with Crippen molar-refractivity contribution in [3.8, 4) is 0 Å². The van der Waals surface area contributed by atoms with E-state index < -0.39 is 0 Å². The van der Waals surface area contributed by atoms with Gasteiger partial charge < -0.3 is 10.8 Å². The van der Waals surface area contributed by atoms with Crippen molar-refractivity contribution in [3.63, 3.8) is 0 Å². The smallest absolute Gasteiger partial charge is 0.141 e. The van der Waals surface area contributed by atoms with Crippen molar-refractivity contribution in [1.29, 1.82) is 0 Å². The van der Waals surface area contributed by atoms with E-state index in [1.54, 1.807) is 6.20 Å². The van der Waals surface area contributed by atoms with Crippen LogP contribution in [-0.2, 0) is 0 Å². The fourth-order valence-electron chi connectivity index (χ4n) is 1.62. The molecule has 0 radical (unpaired) electrons. The molecule has 0 aliphatic heterocycles. The molecule has 1 atom stereocenters. The van der Waals surface area contributed by atoms with E-state index in [1.165, 1.54) is 6.20 Å². The molecule has 1 aromatic heterocycles. The number of hydrogen-bond acceptors (Lipinski definition) is 4. The molecule has 0 amide bonds. The number of rotatable bonds is 1. The van der Waals surface area contributed by atoms with Crippen LogP contribution in [0, 0.1) is 0 Å². The van der Waals surface area contributed by atoms with Crippen molar-refractivity contribution in [2.45, 2.75) is 25.4 Å². The fraction of sp³-hybridized carbons (Fsp3) is 0.400. The zero-order valence-electron chi connectivity index (χ0n) is 7.85. The molecule has 74 valence electrons. The molecule has 4 nitrogen and oxygen atoms in total. The molecule has 0 aromatic carbocycles. The highest BCUT2D eigenvalue weighted by molar-refractivity contribution is 5.63. The summed E-state index contributed by atoms with van der Waals surface area (Å²) in [4.78, 5) is 8.14. The van der Waals surface area contributed by atoms with E-state index in [0.29, 0.717) is 5.82 Å². The zero-order chi connectivity index (χ0) is 9.97. The lowest BCUT2D eigenvalue weighted by molar-refractivity contribution is 0.206. The normalized spacial score (nSPS) is 21.8. The predicted molar refractivity (Wildman–Crippen MR) is 54.3 cm³/mol. The van der Waals surface area contributed by atoms with E-state index in [1.807, 2.05) is 6.08 Å². The Morgan fingerprint density at radius 1 is 1.36 bits per heavy atom. The van der Waals surface area contributed by atoms with Gasteiger partial charge in [-0.15, -0.1) is 0 Å². The lowest BCUT2D eigenvalue weighted by atomic mass is 9.95. The molecular weight excluding hydrogens is 178 g/mol. The minimum atomic E-state index is -0.335. The summed E-state index contributed by atoms with van der Waals surface area (Å²) in [6, 6.07) is 0. The Labute approximate surface area is 82.5 Å². The molecule has 0 bridgehead atoms. The van der Waals surface area contributed by atoms with Crippen LogP contribution in [0.2, 0.25) is 0 Å². The molecule has 1 aliphatic carbocycles. The van der Waals surface area contributed by atoms with Crippen LogP contribution < -0.4 is 5.73 Å². The molecule has 0 unspecified atom stereocenters. The van der Waals surface area contributed by atoms with Gasteiger partial charge in [-0.3, -0.25) is 4.98 Å². The highest BCUT2D eigenvalue weighted by Gasteiger charge is 2.13. The third-order valence-electron chi connectivity index (χ3n) is 2.34. The first-order chi connectivity index (χ1) is 6.75. The van der Waals surface area contributed by atoms with Crippen LogP contribution in [0.3, 0.4) is 0 Å². The Kier molecular flexibility index (Phi) is 2.45. The third kappa shape index (κ3) is 1.90. The van der Waals surface area contributed by atoms with Crippen LogP contribution in [0.5, 0.6) is 0 Å². The van der Waals surface area contributed by atoms with Crippen molar-refractivity contribution in [2.75, 3.05) is 5.73 Å². The molecule has 1 heterocycles. The molecule has 4 heteroatoms. The number of nitrogens with zero attached hydrogens (tertiary/aromatic N) is 2. The number of aromatic nitrogens is 2. The van der Waals surface area contributed by atoms with Gasteiger partial charge in [-0.1, -0.05) is 6.08 Å². The van der Waals surface area contributed by atoms with E-state index in [4.69, 9.17) is 5.73 Å². The summed E-state index contributed by atoms with van der Waals surface area (Å²) in [5, 5.41) is 9.45. The van der Waals surface area contributed by atoms with Gasteiger partial charge in [-0.05, 0) is 24.8 Å². The maximum atomic E-state index is 9.45. The molecule has 0 spiro atoms. The van der Waals surface area contributed by atoms with Gasteiger partial charge in [0.2, 0.25) is 0 Å². The lowest BCUT2D eigenvalue weighted by Crippen LogP contribution is -2.09. The summed E-state index contributed by atoms with van der Waals surface area (Å²) in [6.07, 6.45) is 7.50. The van der Waals surface area contributed by atoms with Gasteiger partial charge in [0, 0.05) is 0 Å². The SMILES string of the molecule is Nc1cnc(C2=C[C@H](O)CCC2)cn1. The first-order valence-corrected chi connectivity index (χ1v) is 4.72. The number of aliphatic hydroxyl groups is 1. The maximum absolute atomic E-state index is 9.45. The average molecular weight is 191 g/mol. The second-order valence-corrected chi connectivity index (χ2v) is 3.48. The van der Waals surface area contributed by atoms with Crippen molar-refractivity contribution < 1.29 is 5.11 Å². The Morgan fingerprint density at radius 2 is 2.21 bits per heavy atom. The van der Waals surface area contributed by atoms with Crippen LogP contribution in [0.1, 0.15) is 25.0 Å². The second-order valence-electron chi connectivity index (χ2n) is 3.48. The van der Waals surface area contributed by atoms with Crippen molar-refractivity contribution in [1.82, 2.24) is 9.97 Å². The van der Waals surface area contributed by atoms with E-state index in [0.717, 1.165) is 30.5 Å². The largest absolute Gasteiger partial charge is 0.389 e. The summed E-state index contributed by atoms with van der Waals surface area (Å²) in [6.45, 7) is 0. The number of nitrogens with two attached hydrogens (primary N) is 1. The summed E-state index contributed by atoms with van der Waals surface area (Å²) >= 11 is 0. The Morgan fingerprint density at radius 3 is 2.86 bits per heavy atom. The average Bonchev–Trinajstić information content (AvgIpc) is 2.19. The second kappa shape index (κ2) is 3.75. The van der Waals surface area contributed by atoms with Gasteiger partial charge in [0.05, 0.1) is 24.2 Å². The molecule has 0 saturated carbocycles. The quantitative estimate of drug-likeness (QED) is 0.694. The van der Waals surface area contributed by atoms with Gasteiger partial charge in [0.25, 0.3) is 0 Å². The highest BCUT2D eigenvalue weighted by Crippen LogP contribution is 2.25. The van der Waals surface area contributed by atoms with Crippen LogP contribution in [-0.4, -0.2) is 21.2 Å². The molecular formula is C10H13N3O. The van der Waals surface area contributed by atoms with E-state index >= 15 is 0 Å². The Balaban J connectivity index is 2.26. The van der Waals surface area contributed by atoms with Crippen molar-refractivity contribution >= 4 is 11.4 Å². The maximum Gasteiger partial charge on any atom is 0.141 e. The molecule has 1 aliphatic rings. The minimum absolute atomic E-state index is 0.335. The van der Waals surface area contributed by atoms with E-state index in [9.17, 15) is 5.11 Å². The zero-order valence-corrected chi connectivity index (χ0v) is 7.85. The first-order valence-electron chi connectivity index (χ1n) is 4.72. The summed E-state index contributed by atoms with van der Waals surface area (Å²) < 4.78 is 0.